The molecule has 3 nitrogen and oxygen atoms in total. The summed E-state index contributed by atoms with van der Waals surface area (Å²) < 4.78 is 42.6. The summed E-state index contributed by atoms with van der Waals surface area (Å²) >= 11 is 2.25. The molecule has 168 valence electrons. The molecule has 0 fully saturated rings. The molecule has 0 aliphatic carbocycles. The van der Waals surface area contributed by atoms with E-state index in [0.29, 0.717) is 10.8 Å². The maximum absolute atomic E-state index is 14.6. The summed E-state index contributed by atoms with van der Waals surface area (Å²) in [7, 11) is -4.50. The molecule has 6 rings (SSSR count). The molecular formula is C27H19BF2INO2. The monoisotopic (exact) mass is 565 g/mol. The van der Waals surface area contributed by atoms with Crippen LogP contribution in [0.15, 0.2) is 84.9 Å². The minimum Gasteiger partial charge on any atom is -0.627 e. The van der Waals surface area contributed by atoms with E-state index in [0.717, 1.165) is 43.1 Å². The van der Waals surface area contributed by atoms with Crippen molar-refractivity contribution in [3.63, 3.8) is 0 Å². The second-order valence-corrected chi connectivity index (χ2v) is 9.59. The Morgan fingerprint density at radius 2 is 1.65 bits per heavy atom. The standard InChI is InChI=1S/C27H19BF2INO2/c1-2-32-24-6-4-3-5-22(24)23-15-20(10-12-25(23)32)27-16-26(33-28(29,30)34-27)19-8-7-18-14-21(31)11-9-17(18)13-19/h3-16H,2H2,1H3/b27-20+. The van der Waals surface area contributed by atoms with E-state index >= 15 is 0 Å². The number of hydrogen-bond acceptors (Lipinski definition) is 2. The van der Waals surface area contributed by atoms with Gasteiger partial charge in [0.25, 0.3) is 0 Å². The van der Waals surface area contributed by atoms with Crippen LogP contribution in [0, 0.1) is 3.57 Å². The molecule has 4 aromatic carbocycles. The lowest BCUT2D eigenvalue weighted by Gasteiger charge is -2.34. The van der Waals surface area contributed by atoms with Gasteiger partial charge in [0.1, 0.15) is 6.54 Å². The zero-order chi connectivity index (χ0) is 23.4. The molecule has 0 atom stereocenters. The molecule has 4 aromatic rings. The highest BCUT2D eigenvalue weighted by Gasteiger charge is 2.38. The first kappa shape index (κ1) is 21.3. The molecule has 0 amide bonds. The molecule has 0 aromatic heterocycles. The molecule has 0 unspecified atom stereocenters. The van der Waals surface area contributed by atoms with E-state index in [1.807, 2.05) is 54.6 Å². The van der Waals surface area contributed by atoms with Gasteiger partial charge in [0, 0.05) is 32.6 Å². The number of halogens is 3. The van der Waals surface area contributed by atoms with E-state index in [2.05, 4.69) is 52.3 Å². The predicted molar refractivity (Wildman–Crippen MR) is 141 cm³/mol. The molecule has 2 heterocycles. The smallest absolute Gasteiger partial charge is 0.627 e. The van der Waals surface area contributed by atoms with Crippen LogP contribution < -0.4 is 15.2 Å². The van der Waals surface area contributed by atoms with E-state index in [1.165, 1.54) is 0 Å². The van der Waals surface area contributed by atoms with E-state index in [-0.39, 0.29) is 11.5 Å². The van der Waals surface area contributed by atoms with Gasteiger partial charge in [0.15, 0.2) is 0 Å². The quantitative estimate of drug-likeness (QED) is 0.173. The lowest BCUT2D eigenvalue weighted by atomic mass is 10.0. The second-order valence-electron chi connectivity index (χ2n) is 8.34. The van der Waals surface area contributed by atoms with E-state index in [9.17, 15) is 8.63 Å². The third-order valence-electron chi connectivity index (χ3n) is 6.25. The Labute approximate surface area is 208 Å². The maximum Gasteiger partial charge on any atom is 0.725 e. The Morgan fingerprint density at radius 3 is 2.50 bits per heavy atom. The third-order valence-corrected chi connectivity index (χ3v) is 6.92. The highest BCUT2D eigenvalue weighted by Crippen LogP contribution is 2.34. The predicted octanol–water partition coefficient (Wildman–Crippen LogP) is 5.84. The number of para-hydroxylation sites is 1. The van der Waals surface area contributed by atoms with Crippen LogP contribution in [0.25, 0.3) is 33.4 Å². The van der Waals surface area contributed by atoms with Gasteiger partial charge < -0.3 is 17.9 Å². The number of benzene rings is 4. The molecule has 0 radical (unpaired) electrons. The van der Waals surface area contributed by atoms with Gasteiger partial charge in [-0.15, -0.1) is 0 Å². The Morgan fingerprint density at radius 1 is 0.853 bits per heavy atom. The van der Waals surface area contributed by atoms with Crippen molar-refractivity contribution in [3.8, 4) is 11.1 Å². The first-order chi connectivity index (χ1) is 16.4. The molecule has 2 aliphatic heterocycles. The van der Waals surface area contributed by atoms with Crippen molar-refractivity contribution in [1.29, 1.82) is 0 Å². The number of rotatable bonds is 2. The van der Waals surface area contributed by atoms with Crippen LogP contribution in [0.4, 0.5) is 14.3 Å². The Bertz CT molecular complexity index is 1650. The fraction of sp³-hybridized carbons (Fsp3) is 0.0741. The molecule has 0 spiro atoms. The van der Waals surface area contributed by atoms with Crippen molar-refractivity contribution in [3.05, 3.63) is 105 Å². The summed E-state index contributed by atoms with van der Waals surface area (Å²) in [5.41, 5.74) is 3.79. The van der Waals surface area contributed by atoms with Crippen molar-refractivity contribution >= 4 is 57.7 Å². The number of nitrogens with zero attached hydrogens (tertiary/aromatic N) is 1. The van der Waals surface area contributed by atoms with Crippen LogP contribution in [-0.2, 0) is 9.31 Å². The molecule has 0 saturated heterocycles. The normalized spacial score (nSPS) is 17.5. The van der Waals surface area contributed by atoms with Gasteiger partial charge in [-0.3, -0.25) is 0 Å². The summed E-state index contributed by atoms with van der Waals surface area (Å²) in [6.07, 6.45) is 1.56. The summed E-state index contributed by atoms with van der Waals surface area (Å²) in [5, 5.41) is 3.65. The Hall–Kier alpha value is -3.20. The van der Waals surface area contributed by atoms with Crippen molar-refractivity contribution in [2.75, 3.05) is 6.54 Å². The summed E-state index contributed by atoms with van der Waals surface area (Å²) in [4.78, 5) is 0. The average molecular weight is 565 g/mol. The summed E-state index contributed by atoms with van der Waals surface area (Å²) in [6.45, 7) is 2.91. The SMILES string of the molecule is CC[N+]1=c2cc/c(=C3/C=C(c4ccc5cc(I)ccc5c4)O[B-](F)(F)O3)cc2-c2ccccc21. The minimum absolute atomic E-state index is 0.0998. The van der Waals surface area contributed by atoms with E-state index in [4.69, 9.17) is 9.31 Å². The number of fused-ring (bicyclic) bond motifs is 4. The number of hydrogen-bond donors (Lipinski definition) is 0. The fourth-order valence-corrected chi connectivity index (χ4v) is 5.24. The first-order valence-electron chi connectivity index (χ1n) is 11.1. The lowest BCUT2D eigenvalue weighted by Crippen LogP contribution is -2.35. The minimum atomic E-state index is -4.50. The maximum atomic E-state index is 14.6. The molecule has 0 N–H and O–H groups in total. The molecule has 0 saturated carbocycles. The first-order valence-corrected chi connectivity index (χ1v) is 12.2. The second kappa shape index (κ2) is 7.94. The average Bonchev–Trinajstić information content (AvgIpc) is 3.15. The van der Waals surface area contributed by atoms with Gasteiger partial charge in [-0.1, -0.05) is 30.3 Å². The summed E-state index contributed by atoms with van der Waals surface area (Å²) in [5.74, 6) is 0.201. The van der Waals surface area contributed by atoms with Crippen LogP contribution in [0.1, 0.15) is 12.5 Å². The van der Waals surface area contributed by atoms with Gasteiger partial charge in [0.2, 0.25) is 11.0 Å². The van der Waals surface area contributed by atoms with Crippen LogP contribution in [-0.4, -0.2) is 13.7 Å². The molecule has 0 bridgehead atoms. The van der Waals surface area contributed by atoms with Gasteiger partial charge in [-0.05, 0) is 76.7 Å². The highest BCUT2D eigenvalue weighted by atomic mass is 127. The van der Waals surface area contributed by atoms with Gasteiger partial charge in [0.05, 0.1) is 22.6 Å². The zero-order valence-corrected chi connectivity index (χ0v) is 20.4. The Kier molecular flexibility index (Phi) is 4.99. The molecule has 7 heteroatoms. The van der Waals surface area contributed by atoms with E-state index < -0.39 is 7.11 Å². The van der Waals surface area contributed by atoms with Crippen molar-refractivity contribution in [2.45, 2.75) is 6.92 Å². The van der Waals surface area contributed by atoms with E-state index in [1.54, 1.807) is 12.1 Å². The third kappa shape index (κ3) is 3.59. The van der Waals surface area contributed by atoms with Crippen molar-refractivity contribution < 1.29 is 17.9 Å². The van der Waals surface area contributed by atoms with Gasteiger partial charge in [-0.25, -0.2) is 0 Å². The van der Waals surface area contributed by atoms with Crippen LogP contribution in [0.3, 0.4) is 0 Å². The largest absolute Gasteiger partial charge is 0.725 e. The van der Waals surface area contributed by atoms with Crippen LogP contribution >= 0.6 is 22.6 Å². The van der Waals surface area contributed by atoms with Crippen molar-refractivity contribution in [2.24, 2.45) is 0 Å². The topological polar surface area (TPSA) is 21.5 Å². The highest BCUT2D eigenvalue weighted by molar-refractivity contribution is 14.1. The van der Waals surface area contributed by atoms with Crippen molar-refractivity contribution in [1.82, 2.24) is 4.58 Å². The molecule has 2 aliphatic rings. The Balaban J connectivity index is 1.53. The molecular weight excluding hydrogens is 546 g/mol. The fourth-order valence-electron chi connectivity index (χ4n) is 4.73. The van der Waals surface area contributed by atoms with Gasteiger partial charge >= 0.3 is 7.11 Å². The molecule has 34 heavy (non-hydrogen) atoms. The van der Waals surface area contributed by atoms with Crippen LogP contribution in [0.5, 0.6) is 0 Å². The van der Waals surface area contributed by atoms with Gasteiger partial charge in [-0.2, -0.15) is 4.58 Å². The summed E-state index contributed by atoms with van der Waals surface area (Å²) in [6, 6.07) is 25.5. The zero-order valence-electron chi connectivity index (χ0n) is 18.3. The van der Waals surface area contributed by atoms with Crippen LogP contribution in [0.2, 0.25) is 0 Å². The lowest BCUT2D eigenvalue weighted by molar-refractivity contribution is 0.198.